The molecule has 31 heavy (non-hydrogen) atoms. The van der Waals surface area contributed by atoms with Gasteiger partial charge in [0.05, 0.1) is 5.56 Å². The van der Waals surface area contributed by atoms with Crippen molar-refractivity contribution in [2.75, 3.05) is 6.54 Å². The highest BCUT2D eigenvalue weighted by Crippen LogP contribution is 2.59. The van der Waals surface area contributed by atoms with Crippen LogP contribution in [0, 0.1) is 11.3 Å². The Labute approximate surface area is 178 Å². The topological polar surface area (TPSA) is 57.6 Å². The number of carbonyl (C=O) groups is 2. The van der Waals surface area contributed by atoms with E-state index in [1.54, 1.807) is 0 Å². The lowest BCUT2D eigenvalue weighted by molar-refractivity contribution is -0.200. The molecule has 4 nitrogen and oxygen atoms in total. The number of hydrogen-bond donors (Lipinski definition) is 1. The van der Waals surface area contributed by atoms with E-state index in [4.69, 9.17) is 0 Å². The van der Waals surface area contributed by atoms with E-state index in [2.05, 4.69) is 15.9 Å². The average Bonchev–Trinajstić information content (AvgIpc) is 3.32. The predicted molar refractivity (Wildman–Crippen MR) is 92.0 cm³/mol. The van der Waals surface area contributed by atoms with Gasteiger partial charge in [-0.05, 0) is 31.4 Å². The summed E-state index contributed by atoms with van der Waals surface area (Å²) in [4.78, 5) is 24.2. The second-order valence-electron chi connectivity index (χ2n) is 7.63. The van der Waals surface area contributed by atoms with Gasteiger partial charge in [-0.3, -0.25) is 4.79 Å². The molecule has 2 atom stereocenters. The first kappa shape index (κ1) is 23.7. The molecule has 172 valence electrons. The Bertz CT molecular complexity index is 910. The molecule has 1 saturated heterocycles. The van der Waals surface area contributed by atoms with Crippen LogP contribution in [0.3, 0.4) is 0 Å². The maximum atomic E-state index is 15.1. The van der Waals surface area contributed by atoms with Crippen molar-refractivity contribution in [3.8, 4) is 0 Å². The molecule has 1 N–H and O–H groups in total. The first-order valence-corrected chi connectivity index (χ1v) is 9.67. The van der Waals surface area contributed by atoms with E-state index in [0.717, 1.165) is 6.07 Å². The second kappa shape index (κ2) is 7.31. The van der Waals surface area contributed by atoms with Crippen LogP contribution in [0.5, 0.6) is 0 Å². The fourth-order valence-electron chi connectivity index (χ4n) is 3.84. The molecule has 1 aliphatic carbocycles. The van der Waals surface area contributed by atoms with Crippen molar-refractivity contribution in [1.82, 2.24) is 4.90 Å². The maximum Gasteiger partial charge on any atom is 0.416 e. The van der Waals surface area contributed by atoms with E-state index in [0.29, 0.717) is 12.1 Å². The zero-order valence-electron chi connectivity index (χ0n) is 15.3. The normalized spacial score (nSPS) is 23.7. The van der Waals surface area contributed by atoms with E-state index in [-0.39, 0.29) is 9.37 Å². The van der Waals surface area contributed by atoms with Crippen molar-refractivity contribution in [2.24, 2.45) is 11.3 Å². The Morgan fingerprint density at radius 3 is 2.06 bits per heavy atom. The predicted octanol–water partition coefficient (Wildman–Crippen LogP) is 5.20. The fourth-order valence-corrected chi connectivity index (χ4v) is 4.20. The number of rotatable bonds is 4. The number of alkyl halides is 8. The summed E-state index contributed by atoms with van der Waals surface area (Å²) < 4.78 is 110. The van der Waals surface area contributed by atoms with Crippen LogP contribution in [-0.4, -0.2) is 40.6 Å². The number of hydrogen-bond acceptors (Lipinski definition) is 2. The number of carbonyl (C=O) groups excluding carboxylic acids is 1. The van der Waals surface area contributed by atoms with E-state index in [9.17, 15) is 41.0 Å². The van der Waals surface area contributed by atoms with Crippen LogP contribution in [-0.2, 0) is 21.7 Å². The van der Waals surface area contributed by atoms with Gasteiger partial charge in [-0.1, -0.05) is 22.0 Å². The van der Waals surface area contributed by atoms with Crippen molar-refractivity contribution in [1.29, 1.82) is 0 Å². The molecule has 1 aromatic rings. The van der Waals surface area contributed by atoms with Crippen LogP contribution < -0.4 is 0 Å². The van der Waals surface area contributed by atoms with Crippen molar-refractivity contribution in [3.05, 3.63) is 33.8 Å². The third-order valence-electron chi connectivity index (χ3n) is 5.71. The summed E-state index contributed by atoms with van der Waals surface area (Å²) in [6, 6.07) is -0.120. The smallest absolute Gasteiger partial charge is 0.416 e. The molecule has 1 saturated carbocycles. The zero-order valence-corrected chi connectivity index (χ0v) is 16.9. The molecular formula is C18H14BrF8NO3. The molecular weight excluding hydrogens is 510 g/mol. The number of carboxylic acids is 1. The molecule has 1 aliphatic heterocycles. The van der Waals surface area contributed by atoms with Gasteiger partial charge >= 0.3 is 18.3 Å². The molecule has 0 radical (unpaired) electrons. The molecule has 1 unspecified atom stereocenters. The van der Waals surface area contributed by atoms with Gasteiger partial charge in [0, 0.05) is 22.5 Å². The third kappa shape index (κ3) is 4.00. The maximum absolute atomic E-state index is 15.1. The van der Waals surface area contributed by atoms with Crippen molar-refractivity contribution in [2.45, 2.75) is 43.6 Å². The van der Waals surface area contributed by atoms with Crippen LogP contribution >= 0.6 is 15.9 Å². The summed E-state index contributed by atoms with van der Waals surface area (Å²) in [5, 5.41) is 9.29. The molecule has 1 amide bonds. The van der Waals surface area contributed by atoms with E-state index in [1.807, 2.05) is 0 Å². The Kier molecular flexibility index (Phi) is 5.60. The highest BCUT2D eigenvalue weighted by molar-refractivity contribution is 9.10. The lowest BCUT2D eigenvalue weighted by atomic mass is 9.89. The summed E-state index contributed by atoms with van der Waals surface area (Å²) in [5.41, 5.74) is -5.94. The molecule has 1 heterocycles. The molecule has 0 aromatic heterocycles. The van der Waals surface area contributed by atoms with E-state index in [1.165, 1.54) is 0 Å². The largest absolute Gasteiger partial charge is 0.480 e. The molecule has 3 rings (SSSR count). The van der Waals surface area contributed by atoms with Gasteiger partial charge in [0.15, 0.2) is 0 Å². The lowest BCUT2D eigenvalue weighted by Crippen LogP contribution is -2.48. The minimum Gasteiger partial charge on any atom is -0.480 e. The second-order valence-corrected chi connectivity index (χ2v) is 8.55. The number of benzene rings is 1. The molecule has 0 spiro atoms. The number of aliphatic carboxylic acids is 1. The highest BCUT2D eigenvalue weighted by Gasteiger charge is 2.71. The fraction of sp³-hybridized carbons (Fsp3) is 0.556. The van der Waals surface area contributed by atoms with Gasteiger partial charge in [-0.2, -0.15) is 26.3 Å². The molecule has 0 bridgehead atoms. The number of nitrogens with zero attached hydrogens (tertiary/aromatic N) is 1. The Hall–Kier alpha value is -1.92. The van der Waals surface area contributed by atoms with E-state index >= 15 is 8.78 Å². The summed E-state index contributed by atoms with van der Waals surface area (Å²) >= 11 is 2.76. The molecule has 1 aromatic carbocycles. The third-order valence-corrected chi connectivity index (χ3v) is 6.20. The summed E-state index contributed by atoms with van der Waals surface area (Å²) in [7, 11) is 0. The van der Waals surface area contributed by atoms with Crippen molar-refractivity contribution < 1.29 is 49.8 Å². The van der Waals surface area contributed by atoms with Crippen LogP contribution in [0.2, 0.25) is 0 Å². The quantitative estimate of drug-likeness (QED) is 0.551. The van der Waals surface area contributed by atoms with Crippen molar-refractivity contribution in [3.63, 3.8) is 0 Å². The van der Waals surface area contributed by atoms with E-state index < -0.39 is 84.5 Å². The Morgan fingerprint density at radius 1 is 1.03 bits per heavy atom. The number of amides is 1. The molecule has 13 heteroatoms. The van der Waals surface area contributed by atoms with Crippen LogP contribution in [0.1, 0.15) is 30.4 Å². The van der Waals surface area contributed by atoms with Crippen LogP contribution in [0.25, 0.3) is 0 Å². The van der Waals surface area contributed by atoms with Gasteiger partial charge < -0.3 is 10.0 Å². The minimum atomic E-state index is -5.17. The Morgan fingerprint density at radius 2 is 1.61 bits per heavy atom. The lowest BCUT2D eigenvalue weighted by Gasteiger charge is -2.29. The van der Waals surface area contributed by atoms with Crippen molar-refractivity contribution >= 4 is 27.8 Å². The number of likely N-dealkylation sites (tertiary alicyclic amines) is 1. The van der Waals surface area contributed by atoms with Gasteiger partial charge in [-0.25, -0.2) is 13.6 Å². The first-order valence-electron chi connectivity index (χ1n) is 8.88. The zero-order chi connectivity index (χ0) is 23.6. The van der Waals surface area contributed by atoms with Gasteiger partial charge in [-0.15, -0.1) is 0 Å². The standard InChI is InChI=1S/C18H14BrF8NO3/c19-9-1-2-10(11(6-9)17(22,23)24)16(20,21)8-5-12(13(29)30)28(7-8)14(31)15(3-4-15)18(25,26)27/h1-2,6,8,12H,3-5,7H2,(H,29,30)/t8?,12-/m0/s1. The summed E-state index contributed by atoms with van der Waals surface area (Å²) in [6.07, 6.45) is -12.4. The minimum absolute atomic E-state index is 0.133. The van der Waals surface area contributed by atoms with Gasteiger partial charge in [0.1, 0.15) is 11.5 Å². The monoisotopic (exact) mass is 523 g/mol. The number of halogens is 9. The highest BCUT2D eigenvalue weighted by atomic mass is 79.9. The average molecular weight is 524 g/mol. The van der Waals surface area contributed by atoms with Gasteiger partial charge in [0.2, 0.25) is 5.91 Å². The van der Waals surface area contributed by atoms with Crippen LogP contribution in [0.4, 0.5) is 35.1 Å². The SMILES string of the molecule is O=C(O)[C@@H]1CC(C(F)(F)c2ccc(Br)cc2C(F)(F)F)CN1C(=O)C1(C(F)(F)F)CC1. The number of carboxylic acid groups (broad SMARTS) is 1. The van der Waals surface area contributed by atoms with Gasteiger partial charge in [0.25, 0.3) is 5.92 Å². The first-order chi connectivity index (χ1) is 14.0. The Balaban J connectivity index is 1.98. The summed E-state index contributed by atoms with van der Waals surface area (Å²) in [5.74, 6) is -9.83. The summed E-state index contributed by atoms with van der Waals surface area (Å²) in [6.45, 7) is -1.12. The molecule has 2 fully saturated rings. The van der Waals surface area contributed by atoms with Crippen LogP contribution in [0.15, 0.2) is 22.7 Å². The molecule has 2 aliphatic rings.